The standard InChI is InChI=1S/C20H26N2O4/c1-15(17-5-2-6-18(12-17)26-13-16-7-8-16)4-3-11-25-14-22-10-9-19(23)21-20(22)24/h2,5-6,9-10,12,15-16H,3-4,7-8,11,13-14H2,1H3,(H,21,23,24). The highest BCUT2D eigenvalue weighted by Gasteiger charge is 2.21. The van der Waals surface area contributed by atoms with E-state index < -0.39 is 11.2 Å². The summed E-state index contributed by atoms with van der Waals surface area (Å²) in [5.74, 6) is 2.12. The van der Waals surface area contributed by atoms with Crippen LogP contribution < -0.4 is 16.0 Å². The average Bonchev–Trinajstić information content (AvgIpc) is 3.46. The molecule has 140 valence electrons. The van der Waals surface area contributed by atoms with Crippen molar-refractivity contribution < 1.29 is 9.47 Å². The summed E-state index contributed by atoms with van der Waals surface area (Å²) in [4.78, 5) is 24.8. The van der Waals surface area contributed by atoms with Gasteiger partial charge in [0.05, 0.1) is 6.61 Å². The molecule has 1 aromatic carbocycles. The van der Waals surface area contributed by atoms with Crippen molar-refractivity contribution in [1.82, 2.24) is 9.55 Å². The van der Waals surface area contributed by atoms with Crippen LogP contribution in [-0.4, -0.2) is 22.8 Å². The molecule has 1 heterocycles. The van der Waals surface area contributed by atoms with E-state index in [2.05, 4.69) is 24.0 Å². The van der Waals surface area contributed by atoms with Crippen LogP contribution in [0.2, 0.25) is 0 Å². The predicted octanol–water partition coefficient (Wildman–Crippen LogP) is 2.88. The first-order valence-electron chi connectivity index (χ1n) is 9.22. The number of benzene rings is 1. The van der Waals surface area contributed by atoms with Crippen molar-refractivity contribution in [2.24, 2.45) is 5.92 Å². The normalized spacial score (nSPS) is 15.0. The van der Waals surface area contributed by atoms with Gasteiger partial charge in [0.15, 0.2) is 0 Å². The van der Waals surface area contributed by atoms with Gasteiger partial charge in [-0.3, -0.25) is 14.3 Å². The molecule has 3 rings (SSSR count). The third kappa shape index (κ3) is 5.59. The molecule has 0 spiro atoms. The Labute approximate surface area is 152 Å². The smallest absolute Gasteiger partial charge is 0.330 e. The molecule has 0 saturated heterocycles. The van der Waals surface area contributed by atoms with Gasteiger partial charge in [-0.05, 0) is 55.2 Å². The Morgan fingerprint density at radius 3 is 2.88 bits per heavy atom. The Balaban J connectivity index is 1.39. The van der Waals surface area contributed by atoms with Gasteiger partial charge in [0.2, 0.25) is 0 Å². The highest BCUT2D eigenvalue weighted by molar-refractivity contribution is 5.30. The van der Waals surface area contributed by atoms with Crippen LogP contribution in [0, 0.1) is 5.92 Å². The summed E-state index contributed by atoms with van der Waals surface area (Å²) in [5.41, 5.74) is 0.424. The fraction of sp³-hybridized carbons (Fsp3) is 0.500. The van der Waals surface area contributed by atoms with Crippen LogP contribution in [0.5, 0.6) is 5.75 Å². The number of aromatic nitrogens is 2. The van der Waals surface area contributed by atoms with Gasteiger partial charge >= 0.3 is 5.69 Å². The molecule has 1 N–H and O–H groups in total. The summed E-state index contributed by atoms with van der Waals surface area (Å²) >= 11 is 0. The van der Waals surface area contributed by atoms with Gasteiger partial charge in [0.25, 0.3) is 5.56 Å². The maximum absolute atomic E-state index is 11.5. The minimum absolute atomic E-state index is 0.147. The summed E-state index contributed by atoms with van der Waals surface area (Å²) in [6.07, 6.45) is 5.92. The van der Waals surface area contributed by atoms with E-state index in [1.807, 2.05) is 12.1 Å². The quantitative estimate of drug-likeness (QED) is 0.663. The van der Waals surface area contributed by atoms with E-state index in [1.54, 1.807) is 0 Å². The van der Waals surface area contributed by atoms with Crippen LogP contribution in [0.1, 0.15) is 44.1 Å². The lowest BCUT2D eigenvalue weighted by Crippen LogP contribution is -2.29. The molecule has 1 aliphatic rings. The number of hydrogen-bond donors (Lipinski definition) is 1. The molecule has 1 fully saturated rings. The highest BCUT2D eigenvalue weighted by atomic mass is 16.5. The Bertz CT molecular complexity index is 823. The third-order valence-corrected chi connectivity index (χ3v) is 4.66. The maximum atomic E-state index is 11.5. The van der Waals surface area contributed by atoms with Gasteiger partial charge in [-0.15, -0.1) is 0 Å². The summed E-state index contributed by atoms with van der Waals surface area (Å²) in [7, 11) is 0. The van der Waals surface area contributed by atoms with Crippen LogP contribution in [0.25, 0.3) is 0 Å². The molecule has 6 heteroatoms. The lowest BCUT2D eigenvalue weighted by Gasteiger charge is -2.14. The van der Waals surface area contributed by atoms with Crippen molar-refractivity contribution in [1.29, 1.82) is 0 Å². The number of rotatable bonds is 10. The molecule has 0 radical (unpaired) electrons. The van der Waals surface area contributed by atoms with Crippen LogP contribution in [0.4, 0.5) is 0 Å². The first-order chi connectivity index (χ1) is 12.6. The van der Waals surface area contributed by atoms with E-state index in [-0.39, 0.29) is 6.73 Å². The van der Waals surface area contributed by atoms with Crippen LogP contribution in [0.3, 0.4) is 0 Å². The Hall–Kier alpha value is -2.34. The molecule has 0 aliphatic heterocycles. The number of ether oxygens (including phenoxy) is 2. The fourth-order valence-corrected chi connectivity index (χ4v) is 2.78. The van der Waals surface area contributed by atoms with E-state index in [1.165, 1.54) is 35.2 Å². The van der Waals surface area contributed by atoms with Crippen molar-refractivity contribution in [3.8, 4) is 5.75 Å². The average molecular weight is 358 g/mol. The zero-order valence-electron chi connectivity index (χ0n) is 15.1. The van der Waals surface area contributed by atoms with E-state index in [9.17, 15) is 9.59 Å². The molecule has 1 aliphatic carbocycles. The van der Waals surface area contributed by atoms with Crippen molar-refractivity contribution in [3.05, 3.63) is 62.9 Å². The largest absolute Gasteiger partial charge is 0.493 e. The fourth-order valence-electron chi connectivity index (χ4n) is 2.78. The summed E-state index contributed by atoms with van der Waals surface area (Å²) < 4.78 is 12.7. The molecular formula is C20H26N2O4. The minimum atomic E-state index is -0.450. The second-order valence-corrected chi connectivity index (χ2v) is 6.99. The van der Waals surface area contributed by atoms with Gasteiger partial charge < -0.3 is 9.47 Å². The van der Waals surface area contributed by atoms with Gasteiger partial charge in [0.1, 0.15) is 12.5 Å². The number of nitrogens with zero attached hydrogens (tertiary/aromatic N) is 1. The molecule has 1 aromatic heterocycles. The lowest BCUT2D eigenvalue weighted by atomic mass is 9.96. The van der Waals surface area contributed by atoms with E-state index in [4.69, 9.17) is 9.47 Å². The van der Waals surface area contributed by atoms with Gasteiger partial charge in [-0.2, -0.15) is 0 Å². The third-order valence-electron chi connectivity index (χ3n) is 4.66. The number of aromatic amines is 1. The molecule has 6 nitrogen and oxygen atoms in total. The SMILES string of the molecule is CC(CCCOCn1ccc(=O)[nH]c1=O)c1cccc(OCC2CC2)c1. The molecule has 2 aromatic rings. The second-order valence-electron chi connectivity index (χ2n) is 6.99. The van der Waals surface area contributed by atoms with E-state index >= 15 is 0 Å². The molecule has 26 heavy (non-hydrogen) atoms. The first kappa shape index (κ1) is 18.5. The Morgan fingerprint density at radius 1 is 1.27 bits per heavy atom. The monoisotopic (exact) mass is 358 g/mol. The van der Waals surface area contributed by atoms with Crippen molar-refractivity contribution in [2.75, 3.05) is 13.2 Å². The molecule has 1 unspecified atom stereocenters. The van der Waals surface area contributed by atoms with E-state index in [0.717, 1.165) is 31.1 Å². The van der Waals surface area contributed by atoms with Crippen molar-refractivity contribution in [3.63, 3.8) is 0 Å². The van der Waals surface area contributed by atoms with Crippen molar-refractivity contribution >= 4 is 0 Å². The summed E-state index contributed by atoms with van der Waals surface area (Å²) in [5, 5.41) is 0. The van der Waals surface area contributed by atoms with Gasteiger partial charge in [-0.25, -0.2) is 4.79 Å². The molecule has 0 bridgehead atoms. The van der Waals surface area contributed by atoms with Crippen LogP contribution in [-0.2, 0) is 11.5 Å². The van der Waals surface area contributed by atoms with Gasteiger partial charge in [0, 0.05) is 18.9 Å². The zero-order valence-corrected chi connectivity index (χ0v) is 15.1. The minimum Gasteiger partial charge on any atom is -0.493 e. The summed E-state index contributed by atoms with van der Waals surface area (Å²) in [6, 6.07) is 9.64. The number of nitrogens with one attached hydrogen (secondary N) is 1. The second kappa shape index (κ2) is 8.85. The molecular weight excluding hydrogens is 332 g/mol. The van der Waals surface area contributed by atoms with E-state index in [0.29, 0.717) is 12.5 Å². The maximum Gasteiger partial charge on any atom is 0.330 e. The Morgan fingerprint density at radius 2 is 2.12 bits per heavy atom. The highest BCUT2D eigenvalue weighted by Crippen LogP contribution is 2.30. The Kier molecular flexibility index (Phi) is 6.28. The number of hydrogen-bond acceptors (Lipinski definition) is 4. The molecule has 0 amide bonds. The lowest BCUT2D eigenvalue weighted by molar-refractivity contribution is 0.0702. The predicted molar refractivity (Wildman–Crippen MR) is 99.6 cm³/mol. The summed E-state index contributed by atoms with van der Waals surface area (Å²) in [6.45, 7) is 3.74. The van der Waals surface area contributed by atoms with Crippen molar-refractivity contribution in [2.45, 2.75) is 45.3 Å². The first-order valence-corrected chi connectivity index (χ1v) is 9.22. The molecule has 1 saturated carbocycles. The van der Waals surface area contributed by atoms with Gasteiger partial charge in [-0.1, -0.05) is 19.1 Å². The van der Waals surface area contributed by atoms with Crippen LogP contribution >= 0.6 is 0 Å². The van der Waals surface area contributed by atoms with Crippen LogP contribution in [0.15, 0.2) is 46.1 Å². The zero-order chi connectivity index (χ0) is 18.4. The topological polar surface area (TPSA) is 73.3 Å². The number of H-pyrrole nitrogens is 1. The molecule has 1 atom stereocenters.